The van der Waals surface area contributed by atoms with E-state index in [2.05, 4.69) is 85.0 Å². The van der Waals surface area contributed by atoms with E-state index in [0.29, 0.717) is 6.54 Å². The molecule has 1 amide bonds. The first-order chi connectivity index (χ1) is 14.2. The molecule has 4 heterocycles. The highest BCUT2D eigenvalue weighted by Crippen LogP contribution is 2.45. The van der Waals surface area contributed by atoms with Gasteiger partial charge >= 0.3 is 0 Å². The van der Waals surface area contributed by atoms with E-state index in [1.165, 1.54) is 32.8 Å². The number of hydrogen-bond acceptors (Lipinski definition) is 1. The SMILES string of the molecule is O=C1NCc2c1c1c3cc(Br)ccc3n3c1c1c2c2ccccc2n1C/C=C\C3. The average molecular weight is 442 g/mol. The van der Waals surface area contributed by atoms with Gasteiger partial charge in [-0.15, -0.1) is 0 Å². The summed E-state index contributed by atoms with van der Waals surface area (Å²) in [7, 11) is 0. The predicted molar refractivity (Wildman–Crippen MR) is 120 cm³/mol. The molecule has 3 aromatic carbocycles. The molecule has 0 radical (unpaired) electrons. The third kappa shape index (κ3) is 1.82. The van der Waals surface area contributed by atoms with Crippen molar-refractivity contribution in [3.05, 3.63) is 70.2 Å². The lowest BCUT2D eigenvalue weighted by atomic mass is 9.97. The number of carbonyl (C=O) groups is 1. The Labute approximate surface area is 174 Å². The molecule has 4 nitrogen and oxygen atoms in total. The minimum atomic E-state index is 0.0374. The lowest BCUT2D eigenvalue weighted by Gasteiger charge is -2.13. The van der Waals surface area contributed by atoms with Crippen molar-refractivity contribution in [2.45, 2.75) is 19.6 Å². The standard InChI is InChI=1S/C24H16BrN3O/c25-13-7-8-18-15(11-13)20-21-16(12-26-24(21)29)19-14-5-1-2-6-17(14)27-9-3-4-10-28(18)23(20)22(19)27/h1-8,11H,9-10,12H2,(H,26,29)/b4-3-. The Morgan fingerprint density at radius 1 is 0.862 bits per heavy atom. The van der Waals surface area contributed by atoms with E-state index in [1.807, 2.05) is 0 Å². The molecule has 0 saturated heterocycles. The molecular weight excluding hydrogens is 426 g/mol. The maximum atomic E-state index is 13.0. The third-order valence-corrected chi connectivity index (χ3v) is 6.96. The van der Waals surface area contributed by atoms with Gasteiger partial charge in [0.05, 0.1) is 16.6 Å². The van der Waals surface area contributed by atoms with E-state index in [9.17, 15) is 4.79 Å². The molecule has 0 aliphatic carbocycles. The Bertz CT molecular complexity index is 1580. The molecule has 7 rings (SSSR count). The number of benzene rings is 3. The summed E-state index contributed by atoms with van der Waals surface area (Å²) in [4.78, 5) is 13.0. The van der Waals surface area contributed by atoms with E-state index in [1.54, 1.807) is 0 Å². The number of amides is 1. The summed E-state index contributed by atoms with van der Waals surface area (Å²) in [6.07, 6.45) is 4.49. The van der Waals surface area contributed by atoms with Gasteiger partial charge in [0.1, 0.15) is 0 Å². The molecule has 0 bridgehead atoms. The lowest BCUT2D eigenvalue weighted by Crippen LogP contribution is -2.12. The molecule has 140 valence electrons. The van der Waals surface area contributed by atoms with Crippen LogP contribution >= 0.6 is 15.9 Å². The summed E-state index contributed by atoms with van der Waals surface area (Å²) in [6, 6.07) is 15.0. The van der Waals surface area contributed by atoms with Gasteiger partial charge in [-0.25, -0.2) is 0 Å². The Hall–Kier alpha value is -3.05. The van der Waals surface area contributed by atoms with E-state index in [0.717, 1.165) is 39.5 Å². The largest absolute Gasteiger partial charge is 0.348 e. The maximum Gasteiger partial charge on any atom is 0.252 e. The number of fused-ring (bicyclic) bond motifs is 9. The van der Waals surface area contributed by atoms with Crippen LogP contribution in [-0.4, -0.2) is 15.0 Å². The second kappa shape index (κ2) is 5.30. The monoisotopic (exact) mass is 441 g/mol. The first-order valence-corrected chi connectivity index (χ1v) is 10.6. The van der Waals surface area contributed by atoms with Crippen LogP contribution in [0.25, 0.3) is 43.6 Å². The van der Waals surface area contributed by atoms with Gasteiger partial charge < -0.3 is 14.5 Å². The normalized spacial score (nSPS) is 16.7. The number of para-hydroxylation sites is 1. The molecular formula is C24H16BrN3O. The maximum absolute atomic E-state index is 13.0. The number of aromatic nitrogens is 2. The quantitative estimate of drug-likeness (QED) is 0.317. The van der Waals surface area contributed by atoms with Crippen molar-refractivity contribution in [1.29, 1.82) is 0 Å². The van der Waals surface area contributed by atoms with Crippen molar-refractivity contribution in [3.8, 4) is 0 Å². The fourth-order valence-electron chi connectivity index (χ4n) is 5.38. The first kappa shape index (κ1) is 15.8. The minimum Gasteiger partial charge on any atom is -0.348 e. The summed E-state index contributed by atoms with van der Waals surface area (Å²) in [5.74, 6) is 0.0374. The highest BCUT2D eigenvalue weighted by atomic mass is 79.9. The predicted octanol–water partition coefficient (Wildman–Crippen LogP) is 5.48. The van der Waals surface area contributed by atoms with Gasteiger partial charge in [-0.2, -0.15) is 0 Å². The smallest absolute Gasteiger partial charge is 0.252 e. The summed E-state index contributed by atoms with van der Waals surface area (Å²) < 4.78 is 5.81. The topological polar surface area (TPSA) is 39.0 Å². The zero-order valence-corrected chi connectivity index (χ0v) is 17.1. The van der Waals surface area contributed by atoms with E-state index in [4.69, 9.17) is 0 Å². The fraction of sp³-hybridized carbons (Fsp3) is 0.125. The van der Waals surface area contributed by atoms with Gasteiger partial charge in [0.15, 0.2) is 0 Å². The molecule has 0 saturated carbocycles. The zero-order valence-electron chi connectivity index (χ0n) is 15.5. The number of allylic oxidation sites excluding steroid dienone is 2. The van der Waals surface area contributed by atoms with Gasteiger partial charge in [-0.05, 0) is 29.8 Å². The number of rotatable bonds is 0. The second-order valence-electron chi connectivity index (χ2n) is 7.85. The number of halogens is 1. The van der Waals surface area contributed by atoms with Crippen molar-refractivity contribution in [2.75, 3.05) is 0 Å². The van der Waals surface area contributed by atoms with Crippen molar-refractivity contribution < 1.29 is 4.79 Å². The van der Waals surface area contributed by atoms with E-state index in [-0.39, 0.29) is 5.91 Å². The Morgan fingerprint density at radius 2 is 1.59 bits per heavy atom. The van der Waals surface area contributed by atoms with Crippen molar-refractivity contribution in [3.63, 3.8) is 0 Å². The van der Waals surface area contributed by atoms with Crippen LogP contribution in [-0.2, 0) is 19.6 Å². The average Bonchev–Trinajstić information content (AvgIpc) is 3.34. The molecule has 0 unspecified atom stereocenters. The van der Waals surface area contributed by atoms with Crippen LogP contribution in [0.4, 0.5) is 0 Å². The molecule has 2 aliphatic heterocycles. The highest BCUT2D eigenvalue weighted by Gasteiger charge is 2.32. The van der Waals surface area contributed by atoms with Crippen LogP contribution < -0.4 is 5.32 Å². The Balaban J connectivity index is 1.91. The highest BCUT2D eigenvalue weighted by molar-refractivity contribution is 9.10. The molecule has 5 aromatic rings. The Morgan fingerprint density at radius 3 is 2.41 bits per heavy atom. The first-order valence-electron chi connectivity index (χ1n) is 9.84. The van der Waals surface area contributed by atoms with Gasteiger partial charge in [0, 0.05) is 56.7 Å². The number of nitrogens with zero attached hydrogens (tertiary/aromatic N) is 2. The van der Waals surface area contributed by atoms with Gasteiger partial charge in [-0.3, -0.25) is 4.79 Å². The van der Waals surface area contributed by atoms with Crippen LogP contribution in [0.1, 0.15) is 15.9 Å². The van der Waals surface area contributed by atoms with Crippen LogP contribution in [0.15, 0.2) is 59.1 Å². The molecule has 0 fully saturated rings. The van der Waals surface area contributed by atoms with Crippen molar-refractivity contribution >= 4 is 65.4 Å². The zero-order chi connectivity index (χ0) is 19.3. The fourth-order valence-corrected chi connectivity index (χ4v) is 5.74. The van der Waals surface area contributed by atoms with Crippen LogP contribution in [0.5, 0.6) is 0 Å². The minimum absolute atomic E-state index is 0.0374. The molecule has 2 aliphatic rings. The summed E-state index contributed by atoms with van der Waals surface area (Å²) in [6.45, 7) is 2.23. The number of hydrogen-bond donors (Lipinski definition) is 1. The molecule has 2 aromatic heterocycles. The Kier molecular flexibility index (Phi) is 2.89. The number of carbonyl (C=O) groups excluding carboxylic acids is 1. The van der Waals surface area contributed by atoms with Gasteiger partial charge in [-0.1, -0.05) is 46.3 Å². The molecule has 1 N–H and O–H groups in total. The summed E-state index contributed by atoms with van der Waals surface area (Å²) >= 11 is 3.64. The molecule has 0 atom stereocenters. The van der Waals surface area contributed by atoms with E-state index < -0.39 is 0 Å². The summed E-state index contributed by atoms with van der Waals surface area (Å²) in [5, 5.41) is 7.77. The van der Waals surface area contributed by atoms with Gasteiger partial charge in [0.2, 0.25) is 0 Å². The van der Waals surface area contributed by atoms with Crippen LogP contribution in [0, 0.1) is 0 Å². The number of nitrogens with one attached hydrogen (secondary N) is 1. The van der Waals surface area contributed by atoms with Gasteiger partial charge in [0.25, 0.3) is 5.91 Å². The van der Waals surface area contributed by atoms with Crippen molar-refractivity contribution in [2.24, 2.45) is 0 Å². The lowest BCUT2D eigenvalue weighted by molar-refractivity contribution is 0.0967. The molecule has 5 heteroatoms. The van der Waals surface area contributed by atoms with Crippen LogP contribution in [0.2, 0.25) is 0 Å². The third-order valence-electron chi connectivity index (χ3n) is 6.47. The van der Waals surface area contributed by atoms with Crippen molar-refractivity contribution in [1.82, 2.24) is 14.5 Å². The summed E-state index contributed by atoms with van der Waals surface area (Å²) in [5.41, 5.74) is 6.79. The molecule has 29 heavy (non-hydrogen) atoms. The molecule has 0 spiro atoms. The van der Waals surface area contributed by atoms with E-state index >= 15 is 0 Å². The van der Waals surface area contributed by atoms with Crippen LogP contribution in [0.3, 0.4) is 0 Å². The second-order valence-corrected chi connectivity index (χ2v) is 8.77.